The van der Waals surface area contributed by atoms with Gasteiger partial charge in [-0.2, -0.15) is 0 Å². The summed E-state index contributed by atoms with van der Waals surface area (Å²) in [6.07, 6.45) is 1.62. The Hall–Kier alpha value is -3.08. The molecule has 0 aliphatic heterocycles. The van der Waals surface area contributed by atoms with Gasteiger partial charge in [0.1, 0.15) is 11.4 Å². The highest BCUT2D eigenvalue weighted by Gasteiger charge is 2.16. The second-order valence-electron chi connectivity index (χ2n) is 5.15. The standard InChI is InChI=1S/C19H17NO4/c1-22-14-5-6-15-12(10-14)8-9-20-18(15)19(21)13-4-7-16(23-2)17(11-13)24-3/h4-11H,1-3H3. The van der Waals surface area contributed by atoms with E-state index in [0.29, 0.717) is 22.8 Å². The van der Waals surface area contributed by atoms with E-state index >= 15 is 0 Å². The summed E-state index contributed by atoms with van der Waals surface area (Å²) in [7, 11) is 4.70. The number of benzene rings is 2. The summed E-state index contributed by atoms with van der Waals surface area (Å²) in [5.41, 5.74) is 0.880. The molecule has 0 radical (unpaired) electrons. The van der Waals surface area contributed by atoms with Gasteiger partial charge in [0, 0.05) is 17.1 Å². The molecule has 3 rings (SSSR count). The minimum absolute atomic E-state index is 0.174. The van der Waals surface area contributed by atoms with Crippen molar-refractivity contribution in [2.75, 3.05) is 21.3 Å². The van der Waals surface area contributed by atoms with Gasteiger partial charge in [-0.15, -0.1) is 0 Å². The molecule has 0 unspecified atom stereocenters. The Morgan fingerprint density at radius 1 is 0.875 bits per heavy atom. The minimum Gasteiger partial charge on any atom is -0.497 e. The number of hydrogen-bond donors (Lipinski definition) is 0. The Kier molecular flexibility index (Phi) is 4.33. The fraction of sp³-hybridized carbons (Fsp3) is 0.158. The van der Waals surface area contributed by atoms with E-state index in [0.717, 1.165) is 16.5 Å². The number of nitrogens with zero attached hydrogens (tertiary/aromatic N) is 1. The van der Waals surface area contributed by atoms with Gasteiger partial charge in [0.2, 0.25) is 5.78 Å². The summed E-state index contributed by atoms with van der Waals surface area (Å²) in [6, 6.07) is 12.5. The Bertz CT molecular complexity index is 905. The Balaban J connectivity index is 2.09. The Labute approximate surface area is 139 Å². The number of aromatic nitrogens is 1. The van der Waals surface area contributed by atoms with Crippen LogP contribution < -0.4 is 14.2 Å². The first-order chi connectivity index (χ1) is 11.7. The first-order valence-electron chi connectivity index (χ1n) is 7.37. The third kappa shape index (κ3) is 2.76. The number of carbonyl (C=O) groups is 1. The highest BCUT2D eigenvalue weighted by Crippen LogP contribution is 2.30. The van der Waals surface area contributed by atoms with Crippen molar-refractivity contribution in [3.63, 3.8) is 0 Å². The van der Waals surface area contributed by atoms with Crippen LogP contribution in [0.15, 0.2) is 48.7 Å². The first-order valence-corrected chi connectivity index (χ1v) is 7.37. The zero-order valence-corrected chi connectivity index (χ0v) is 13.7. The summed E-state index contributed by atoms with van der Waals surface area (Å²) >= 11 is 0. The predicted molar refractivity (Wildman–Crippen MR) is 91.3 cm³/mol. The van der Waals surface area contributed by atoms with E-state index in [-0.39, 0.29) is 5.78 Å². The van der Waals surface area contributed by atoms with Crippen LogP contribution in [0, 0.1) is 0 Å². The maximum Gasteiger partial charge on any atom is 0.212 e. The van der Waals surface area contributed by atoms with Crippen molar-refractivity contribution in [3.8, 4) is 17.2 Å². The predicted octanol–water partition coefficient (Wildman–Crippen LogP) is 3.49. The lowest BCUT2D eigenvalue weighted by Crippen LogP contribution is -2.05. The summed E-state index contributed by atoms with van der Waals surface area (Å²) < 4.78 is 15.7. The fourth-order valence-electron chi connectivity index (χ4n) is 2.58. The van der Waals surface area contributed by atoms with Gasteiger partial charge in [-0.1, -0.05) is 0 Å². The van der Waals surface area contributed by atoms with Gasteiger partial charge in [-0.05, 0) is 47.9 Å². The van der Waals surface area contributed by atoms with Crippen LogP contribution in [0.25, 0.3) is 10.8 Å². The number of methoxy groups -OCH3 is 3. The van der Waals surface area contributed by atoms with Crippen LogP contribution in [-0.4, -0.2) is 32.1 Å². The number of ether oxygens (including phenoxy) is 3. The van der Waals surface area contributed by atoms with E-state index in [4.69, 9.17) is 14.2 Å². The molecule has 24 heavy (non-hydrogen) atoms. The summed E-state index contributed by atoms with van der Waals surface area (Å²) in [4.78, 5) is 17.2. The molecular formula is C19H17NO4. The van der Waals surface area contributed by atoms with E-state index in [9.17, 15) is 4.79 Å². The van der Waals surface area contributed by atoms with Crippen LogP contribution in [0.5, 0.6) is 17.2 Å². The zero-order valence-electron chi connectivity index (χ0n) is 13.7. The van der Waals surface area contributed by atoms with E-state index < -0.39 is 0 Å². The SMILES string of the molecule is COc1ccc2c(C(=O)c3ccc(OC)c(OC)c3)nccc2c1. The molecule has 0 N–H and O–H groups in total. The molecule has 122 valence electrons. The van der Waals surface area contributed by atoms with Crippen LogP contribution in [-0.2, 0) is 0 Å². The average Bonchev–Trinajstić information content (AvgIpc) is 2.65. The van der Waals surface area contributed by atoms with Gasteiger partial charge < -0.3 is 14.2 Å². The van der Waals surface area contributed by atoms with Gasteiger partial charge >= 0.3 is 0 Å². The van der Waals surface area contributed by atoms with E-state index in [1.165, 1.54) is 7.11 Å². The quantitative estimate of drug-likeness (QED) is 0.673. The van der Waals surface area contributed by atoms with Crippen LogP contribution in [0.2, 0.25) is 0 Å². The smallest absolute Gasteiger partial charge is 0.212 e. The molecule has 1 aromatic heterocycles. The number of carbonyl (C=O) groups excluding carboxylic acids is 1. The van der Waals surface area contributed by atoms with Crippen LogP contribution in [0.1, 0.15) is 16.1 Å². The number of fused-ring (bicyclic) bond motifs is 1. The average molecular weight is 323 g/mol. The van der Waals surface area contributed by atoms with Crippen molar-refractivity contribution in [1.29, 1.82) is 0 Å². The molecule has 0 aliphatic carbocycles. The highest BCUT2D eigenvalue weighted by atomic mass is 16.5. The third-order valence-electron chi connectivity index (χ3n) is 3.83. The lowest BCUT2D eigenvalue weighted by atomic mass is 10.0. The minimum atomic E-state index is -0.174. The molecule has 0 saturated heterocycles. The molecule has 2 aromatic carbocycles. The maximum absolute atomic E-state index is 12.9. The van der Waals surface area contributed by atoms with Crippen LogP contribution in [0.4, 0.5) is 0 Å². The molecule has 5 heteroatoms. The van der Waals surface area contributed by atoms with E-state index in [1.54, 1.807) is 38.6 Å². The highest BCUT2D eigenvalue weighted by molar-refractivity contribution is 6.15. The van der Waals surface area contributed by atoms with Gasteiger partial charge in [-0.25, -0.2) is 0 Å². The van der Waals surface area contributed by atoms with Crippen molar-refractivity contribution < 1.29 is 19.0 Å². The van der Waals surface area contributed by atoms with Crippen LogP contribution in [0.3, 0.4) is 0 Å². The van der Waals surface area contributed by atoms with Gasteiger partial charge in [-0.3, -0.25) is 9.78 Å². The molecule has 0 fully saturated rings. The van der Waals surface area contributed by atoms with E-state index in [1.807, 2.05) is 24.3 Å². The van der Waals surface area contributed by atoms with Crippen molar-refractivity contribution in [2.24, 2.45) is 0 Å². The van der Waals surface area contributed by atoms with Crippen LogP contribution >= 0.6 is 0 Å². The lowest BCUT2D eigenvalue weighted by molar-refractivity contribution is 0.103. The monoisotopic (exact) mass is 323 g/mol. The zero-order chi connectivity index (χ0) is 17.1. The molecule has 0 aliphatic rings. The molecular weight excluding hydrogens is 306 g/mol. The van der Waals surface area contributed by atoms with Crippen molar-refractivity contribution >= 4 is 16.6 Å². The number of hydrogen-bond acceptors (Lipinski definition) is 5. The third-order valence-corrected chi connectivity index (χ3v) is 3.83. The summed E-state index contributed by atoms with van der Waals surface area (Å²) in [5, 5.41) is 1.67. The molecule has 0 saturated carbocycles. The number of pyridine rings is 1. The largest absolute Gasteiger partial charge is 0.497 e. The molecule has 1 heterocycles. The van der Waals surface area contributed by atoms with Gasteiger partial charge in [0.05, 0.1) is 21.3 Å². The molecule has 0 atom stereocenters. The molecule has 0 bridgehead atoms. The number of rotatable bonds is 5. The van der Waals surface area contributed by atoms with E-state index in [2.05, 4.69) is 4.98 Å². The Morgan fingerprint density at radius 2 is 1.67 bits per heavy atom. The number of ketones is 1. The molecule has 5 nitrogen and oxygen atoms in total. The molecule has 0 spiro atoms. The van der Waals surface area contributed by atoms with Gasteiger partial charge in [0.25, 0.3) is 0 Å². The Morgan fingerprint density at radius 3 is 2.38 bits per heavy atom. The van der Waals surface area contributed by atoms with Crippen molar-refractivity contribution in [1.82, 2.24) is 4.98 Å². The lowest BCUT2D eigenvalue weighted by Gasteiger charge is -2.10. The first kappa shape index (κ1) is 15.8. The normalized spacial score (nSPS) is 10.5. The summed E-state index contributed by atoms with van der Waals surface area (Å²) in [5.74, 6) is 1.64. The maximum atomic E-state index is 12.9. The van der Waals surface area contributed by atoms with Gasteiger partial charge in [0.15, 0.2) is 11.5 Å². The van der Waals surface area contributed by atoms with Crippen molar-refractivity contribution in [2.45, 2.75) is 0 Å². The van der Waals surface area contributed by atoms with Crippen molar-refractivity contribution in [3.05, 3.63) is 59.9 Å². The molecule has 0 amide bonds. The second-order valence-corrected chi connectivity index (χ2v) is 5.15. The fourth-order valence-corrected chi connectivity index (χ4v) is 2.58. The second kappa shape index (κ2) is 6.58. The summed E-state index contributed by atoms with van der Waals surface area (Å²) in [6.45, 7) is 0. The topological polar surface area (TPSA) is 57.7 Å². The molecule has 3 aromatic rings.